The molecular formula is C23H19ClN4O2. The number of halogens is 1. The van der Waals surface area contributed by atoms with Crippen LogP contribution >= 0.6 is 11.6 Å². The van der Waals surface area contributed by atoms with E-state index < -0.39 is 6.03 Å². The van der Waals surface area contributed by atoms with E-state index in [9.17, 15) is 9.90 Å². The predicted molar refractivity (Wildman–Crippen MR) is 119 cm³/mol. The number of benzene rings is 3. The summed E-state index contributed by atoms with van der Waals surface area (Å²) in [6.45, 7) is -0.0384. The van der Waals surface area contributed by atoms with Crippen LogP contribution in [0.25, 0.3) is 16.9 Å². The summed E-state index contributed by atoms with van der Waals surface area (Å²) in [5.41, 5.74) is 3.84. The van der Waals surface area contributed by atoms with Gasteiger partial charge in [-0.25, -0.2) is 9.48 Å². The summed E-state index contributed by atoms with van der Waals surface area (Å²) in [5.74, 6) is 0.511. The van der Waals surface area contributed by atoms with Crippen molar-refractivity contribution in [3.63, 3.8) is 0 Å². The molecule has 0 aliphatic heterocycles. The van der Waals surface area contributed by atoms with E-state index in [1.807, 2.05) is 60.7 Å². The number of amides is 2. The lowest BCUT2D eigenvalue weighted by Gasteiger charge is -2.10. The summed E-state index contributed by atoms with van der Waals surface area (Å²) in [4.78, 5) is 12.6. The summed E-state index contributed by atoms with van der Waals surface area (Å²) in [7, 11) is 0. The Labute approximate surface area is 178 Å². The predicted octanol–water partition coefficient (Wildman–Crippen LogP) is 5.33. The van der Waals surface area contributed by atoms with Gasteiger partial charge in [0.1, 0.15) is 5.82 Å². The number of aliphatic hydroxyl groups is 1. The minimum absolute atomic E-state index is 0.0384. The zero-order chi connectivity index (χ0) is 20.9. The molecule has 6 nitrogen and oxygen atoms in total. The molecule has 30 heavy (non-hydrogen) atoms. The number of urea groups is 1. The Kier molecular flexibility index (Phi) is 5.79. The average molecular weight is 419 g/mol. The fraction of sp³-hybridized carbons (Fsp3) is 0.0435. The first kappa shape index (κ1) is 19.7. The van der Waals surface area contributed by atoms with E-state index >= 15 is 0 Å². The molecule has 0 spiro atoms. The molecule has 2 amide bonds. The number of aromatic nitrogens is 2. The van der Waals surface area contributed by atoms with Crippen molar-refractivity contribution in [1.82, 2.24) is 9.78 Å². The van der Waals surface area contributed by atoms with Crippen LogP contribution < -0.4 is 10.6 Å². The molecule has 7 heteroatoms. The molecule has 0 aliphatic rings. The molecule has 150 valence electrons. The minimum atomic E-state index is -0.398. The smallest absolute Gasteiger partial charge is 0.324 e. The van der Waals surface area contributed by atoms with Crippen LogP contribution in [0.15, 0.2) is 84.9 Å². The van der Waals surface area contributed by atoms with E-state index in [1.54, 1.807) is 28.9 Å². The number of rotatable bonds is 5. The molecule has 0 aliphatic carbocycles. The number of nitrogens with zero attached hydrogens (tertiary/aromatic N) is 2. The van der Waals surface area contributed by atoms with Gasteiger partial charge in [0.05, 0.1) is 18.0 Å². The molecule has 3 aromatic carbocycles. The topological polar surface area (TPSA) is 79.2 Å². The second-order valence-corrected chi connectivity index (χ2v) is 7.04. The molecule has 0 radical (unpaired) electrons. The second kappa shape index (κ2) is 8.82. The van der Waals surface area contributed by atoms with Crippen LogP contribution in [-0.4, -0.2) is 20.9 Å². The average Bonchev–Trinajstić information content (AvgIpc) is 3.19. The van der Waals surface area contributed by atoms with E-state index in [0.29, 0.717) is 16.5 Å². The van der Waals surface area contributed by atoms with Crippen molar-refractivity contribution in [3.8, 4) is 16.9 Å². The Balaban J connectivity index is 1.64. The zero-order valence-corrected chi connectivity index (χ0v) is 16.7. The lowest BCUT2D eigenvalue weighted by Crippen LogP contribution is -2.21. The largest absolute Gasteiger partial charge is 0.392 e. The van der Waals surface area contributed by atoms with E-state index in [4.69, 9.17) is 11.6 Å². The Morgan fingerprint density at radius 2 is 1.63 bits per heavy atom. The maximum Gasteiger partial charge on any atom is 0.324 e. The molecule has 0 saturated carbocycles. The number of aliphatic hydroxyl groups excluding tert-OH is 1. The minimum Gasteiger partial charge on any atom is -0.392 e. The number of anilines is 2. The van der Waals surface area contributed by atoms with Gasteiger partial charge in [0, 0.05) is 22.3 Å². The second-order valence-electron chi connectivity index (χ2n) is 6.60. The standard InChI is InChI=1S/C23H19ClN4O2/c24-18-8-10-19(11-9-18)25-23(30)26-22-14-21(17-4-2-1-3-5-17)27-28(22)20-12-6-16(15-29)7-13-20/h1-14,29H,15H2,(H2,25,26,30). The van der Waals surface area contributed by atoms with Gasteiger partial charge >= 0.3 is 6.03 Å². The van der Waals surface area contributed by atoms with Crippen LogP contribution in [0.2, 0.25) is 5.02 Å². The van der Waals surface area contributed by atoms with E-state index in [-0.39, 0.29) is 6.61 Å². The van der Waals surface area contributed by atoms with Gasteiger partial charge in [-0.1, -0.05) is 54.1 Å². The van der Waals surface area contributed by atoms with Crippen molar-refractivity contribution in [2.24, 2.45) is 0 Å². The van der Waals surface area contributed by atoms with Crippen LogP contribution in [0.3, 0.4) is 0 Å². The summed E-state index contributed by atoms with van der Waals surface area (Å²) >= 11 is 5.89. The van der Waals surface area contributed by atoms with Crippen molar-refractivity contribution in [2.75, 3.05) is 10.6 Å². The molecule has 0 bridgehead atoms. The third-order valence-electron chi connectivity index (χ3n) is 4.49. The molecule has 0 unspecified atom stereocenters. The molecule has 1 aromatic heterocycles. The van der Waals surface area contributed by atoms with E-state index in [1.165, 1.54) is 0 Å². The summed E-state index contributed by atoms with van der Waals surface area (Å²) in [6, 6.07) is 25.3. The van der Waals surface area contributed by atoms with Crippen LogP contribution in [0.4, 0.5) is 16.3 Å². The van der Waals surface area contributed by atoms with Gasteiger partial charge in [-0.2, -0.15) is 5.10 Å². The van der Waals surface area contributed by atoms with Gasteiger partial charge in [-0.15, -0.1) is 0 Å². The molecule has 4 aromatic rings. The SMILES string of the molecule is O=C(Nc1ccc(Cl)cc1)Nc1cc(-c2ccccc2)nn1-c1ccc(CO)cc1. The first-order valence-corrected chi connectivity index (χ1v) is 9.69. The van der Waals surface area contributed by atoms with Gasteiger partial charge in [0.2, 0.25) is 0 Å². The monoisotopic (exact) mass is 418 g/mol. The highest BCUT2D eigenvalue weighted by atomic mass is 35.5. The van der Waals surface area contributed by atoms with Gasteiger partial charge in [0.15, 0.2) is 0 Å². The van der Waals surface area contributed by atoms with Gasteiger partial charge in [-0.05, 0) is 42.0 Å². The summed E-state index contributed by atoms with van der Waals surface area (Å²) in [6.07, 6.45) is 0. The van der Waals surface area contributed by atoms with Crippen molar-refractivity contribution in [2.45, 2.75) is 6.61 Å². The summed E-state index contributed by atoms with van der Waals surface area (Å²) in [5, 5.41) is 20.2. The lowest BCUT2D eigenvalue weighted by atomic mass is 10.2. The Bertz CT molecular complexity index is 1140. The lowest BCUT2D eigenvalue weighted by molar-refractivity contribution is 0.262. The van der Waals surface area contributed by atoms with Crippen LogP contribution in [0, 0.1) is 0 Å². The highest BCUT2D eigenvalue weighted by Crippen LogP contribution is 2.25. The van der Waals surface area contributed by atoms with Gasteiger partial charge in [0.25, 0.3) is 0 Å². The highest BCUT2D eigenvalue weighted by Gasteiger charge is 2.14. The normalized spacial score (nSPS) is 10.6. The first-order valence-electron chi connectivity index (χ1n) is 9.31. The molecule has 3 N–H and O–H groups in total. The number of hydrogen-bond acceptors (Lipinski definition) is 3. The Morgan fingerprint density at radius 3 is 2.30 bits per heavy atom. The zero-order valence-electron chi connectivity index (χ0n) is 15.9. The third-order valence-corrected chi connectivity index (χ3v) is 4.74. The number of nitrogens with one attached hydrogen (secondary N) is 2. The quantitative estimate of drug-likeness (QED) is 0.410. The molecule has 1 heterocycles. The number of hydrogen-bond donors (Lipinski definition) is 3. The fourth-order valence-corrected chi connectivity index (χ4v) is 3.10. The van der Waals surface area contributed by atoms with Crippen molar-refractivity contribution in [1.29, 1.82) is 0 Å². The maximum atomic E-state index is 12.6. The fourth-order valence-electron chi connectivity index (χ4n) is 2.97. The van der Waals surface area contributed by atoms with Crippen molar-refractivity contribution >= 4 is 29.1 Å². The Morgan fingerprint density at radius 1 is 0.933 bits per heavy atom. The van der Waals surface area contributed by atoms with E-state index in [0.717, 1.165) is 22.5 Å². The molecule has 0 atom stereocenters. The first-order chi connectivity index (χ1) is 14.6. The Hall–Kier alpha value is -3.61. The van der Waals surface area contributed by atoms with Crippen LogP contribution in [0.5, 0.6) is 0 Å². The van der Waals surface area contributed by atoms with Crippen LogP contribution in [0.1, 0.15) is 5.56 Å². The maximum absolute atomic E-state index is 12.6. The highest BCUT2D eigenvalue weighted by molar-refractivity contribution is 6.30. The van der Waals surface area contributed by atoms with Crippen molar-refractivity contribution < 1.29 is 9.90 Å². The van der Waals surface area contributed by atoms with E-state index in [2.05, 4.69) is 15.7 Å². The van der Waals surface area contributed by atoms with Crippen molar-refractivity contribution in [3.05, 3.63) is 95.5 Å². The molecule has 0 fully saturated rings. The van der Waals surface area contributed by atoms with Gasteiger partial charge in [-0.3, -0.25) is 5.32 Å². The third kappa shape index (κ3) is 4.51. The molecule has 0 saturated heterocycles. The number of carbonyl (C=O) groups is 1. The van der Waals surface area contributed by atoms with Gasteiger partial charge < -0.3 is 10.4 Å². The molecule has 4 rings (SSSR count). The molecular weight excluding hydrogens is 400 g/mol. The van der Waals surface area contributed by atoms with Crippen LogP contribution in [-0.2, 0) is 6.61 Å². The summed E-state index contributed by atoms with van der Waals surface area (Å²) < 4.78 is 1.66. The number of carbonyl (C=O) groups excluding carboxylic acids is 1.